The quantitative estimate of drug-likeness (QED) is 0.866. The van der Waals surface area contributed by atoms with Crippen LogP contribution in [0.4, 0.5) is 0 Å². The SMILES string of the molecule is CCN(CC(C)C)C(=O)c1cccc(C(=O)O)n1. The van der Waals surface area contributed by atoms with E-state index < -0.39 is 5.97 Å². The van der Waals surface area contributed by atoms with Crippen LogP contribution in [0.1, 0.15) is 41.7 Å². The maximum Gasteiger partial charge on any atom is 0.354 e. The van der Waals surface area contributed by atoms with Crippen LogP contribution in [0.15, 0.2) is 18.2 Å². The van der Waals surface area contributed by atoms with Gasteiger partial charge in [-0.3, -0.25) is 4.79 Å². The third-order valence-corrected chi connectivity index (χ3v) is 2.44. The zero-order chi connectivity index (χ0) is 13.7. The van der Waals surface area contributed by atoms with Gasteiger partial charge < -0.3 is 10.0 Å². The number of carboxylic acids is 1. The van der Waals surface area contributed by atoms with E-state index in [1.54, 1.807) is 4.90 Å². The third kappa shape index (κ3) is 3.55. The molecule has 18 heavy (non-hydrogen) atoms. The molecule has 1 aromatic rings. The van der Waals surface area contributed by atoms with E-state index in [1.807, 2.05) is 20.8 Å². The Labute approximate surface area is 106 Å². The fourth-order valence-corrected chi connectivity index (χ4v) is 1.63. The summed E-state index contributed by atoms with van der Waals surface area (Å²) in [7, 11) is 0. The fraction of sp³-hybridized carbons (Fsp3) is 0.462. The van der Waals surface area contributed by atoms with Crippen LogP contribution in [0.5, 0.6) is 0 Å². The molecule has 0 aliphatic rings. The number of amides is 1. The van der Waals surface area contributed by atoms with Gasteiger partial charge in [-0.05, 0) is 25.0 Å². The first-order valence-corrected chi connectivity index (χ1v) is 5.95. The molecule has 0 spiro atoms. The lowest BCUT2D eigenvalue weighted by molar-refractivity contribution is 0.0689. The minimum Gasteiger partial charge on any atom is -0.477 e. The van der Waals surface area contributed by atoms with Gasteiger partial charge in [0.2, 0.25) is 0 Å². The Morgan fingerprint density at radius 2 is 1.94 bits per heavy atom. The lowest BCUT2D eigenvalue weighted by Gasteiger charge is -2.22. The normalized spacial score (nSPS) is 10.4. The van der Waals surface area contributed by atoms with Crippen molar-refractivity contribution >= 4 is 11.9 Å². The summed E-state index contributed by atoms with van der Waals surface area (Å²) in [5, 5.41) is 8.84. The summed E-state index contributed by atoms with van der Waals surface area (Å²) in [6.07, 6.45) is 0. The number of carbonyl (C=O) groups excluding carboxylic acids is 1. The van der Waals surface area contributed by atoms with Gasteiger partial charge in [0.1, 0.15) is 11.4 Å². The number of rotatable bonds is 5. The minimum atomic E-state index is -1.13. The van der Waals surface area contributed by atoms with E-state index in [-0.39, 0.29) is 17.3 Å². The van der Waals surface area contributed by atoms with Crippen LogP contribution < -0.4 is 0 Å². The number of aromatic carboxylic acids is 1. The van der Waals surface area contributed by atoms with Crippen LogP contribution in [0.25, 0.3) is 0 Å². The molecule has 0 saturated carbocycles. The lowest BCUT2D eigenvalue weighted by Crippen LogP contribution is -2.34. The van der Waals surface area contributed by atoms with Gasteiger partial charge >= 0.3 is 5.97 Å². The first-order chi connectivity index (χ1) is 8.45. The first-order valence-electron chi connectivity index (χ1n) is 5.95. The van der Waals surface area contributed by atoms with Crippen LogP contribution in [-0.4, -0.2) is 40.0 Å². The van der Waals surface area contributed by atoms with E-state index in [1.165, 1.54) is 18.2 Å². The van der Waals surface area contributed by atoms with Crippen LogP contribution in [0.3, 0.4) is 0 Å². The van der Waals surface area contributed by atoms with Crippen molar-refractivity contribution in [1.29, 1.82) is 0 Å². The Bertz CT molecular complexity index is 444. The van der Waals surface area contributed by atoms with Crippen LogP contribution >= 0.6 is 0 Å². The molecule has 5 nitrogen and oxygen atoms in total. The zero-order valence-corrected chi connectivity index (χ0v) is 10.9. The number of hydrogen-bond acceptors (Lipinski definition) is 3. The predicted molar refractivity (Wildman–Crippen MR) is 67.6 cm³/mol. The Balaban J connectivity index is 2.94. The Kier molecular flexibility index (Phi) is 4.83. The number of carbonyl (C=O) groups is 2. The monoisotopic (exact) mass is 250 g/mol. The number of nitrogens with zero attached hydrogens (tertiary/aromatic N) is 2. The molecule has 0 atom stereocenters. The molecular weight excluding hydrogens is 232 g/mol. The largest absolute Gasteiger partial charge is 0.477 e. The summed E-state index contributed by atoms with van der Waals surface area (Å²) in [4.78, 5) is 28.5. The van der Waals surface area contributed by atoms with E-state index in [9.17, 15) is 9.59 Å². The van der Waals surface area contributed by atoms with Crippen LogP contribution in [0, 0.1) is 5.92 Å². The molecule has 0 unspecified atom stereocenters. The average Bonchev–Trinajstić information content (AvgIpc) is 2.35. The third-order valence-electron chi connectivity index (χ3n) is 2.44. The summed E-state index contributed by atoms with van der Waals surface area (Å²) < 4.78 is 0. The van der Waals surface area contributed by atoms with Crippen molar-refractivity contribution in [3.05, 3.63) is 29.6 Å². The molecule has 5 heteroatoms. The van der Waals surface area contributed by atoms with Gasteiger partial charge in [-0.1, -0.05) is 19.9 Å². The second-order valence-electron chi connectivity index (χ2n) is 4.45. The van der Waals surface area contributed by atoms with E-state index in [4.69, 9.17) is 5.11 Å². The molecule has 1 N–H and O–H groups in total. The number of aromatic nitrogens is 1. The van der Waals surface area contributed by atoms with Gasteiger partial charge in [-0.2, -0.15) is 0 Å². The minimum absolute atomic E-state index is 0.110. The molecular formula is C13H18N2O3. The van der Waals surface area contributed by atoms with Crippen LogP contribution in [-0.2, 0) is 0 Å². The Morgan fingerprint density at radius 1 is 1.33 bits per heavy atom. The van der Waals surface area contributed by atoms with Crippen molar-refractivity contribution in [3.8, 4) is 0 Å². The van der Waals surface area contributed by atoms with E-state index in [0.29, 0.717) is 19.0 Å². The van der Waals surface area contributed by atoms with Gasteiger partial charge in [-0.15, -0.1) is 0 Å². The average molecular weight is 250 g/mol. The summed E-state index contributed by atoms with van der Waals surface area (Å²) in [6.45, 7) is 7.15. The molecule has 0 radical (unpaired) electrons. The van der Waals surface area contributed by atoms with E-state index in [0.717, 1.165) is 0 Å². The number of hydrogen-bond donors (Lipinski definition) is 1. The van der Waals surface area contributed by atoms with Crippen molar-refractivity contribution in [3.63, 3.8) is 0 Å². The number of pyridine rings is 1. The van der Waals surface area contributed by atoms with Gasteiger partial charge in [0.05, 0.1) is 0 Å². The van der Waals surface area contributed by atoms with Crippen LogP contribution in [0.2, 0.25) is 0 Å². The first kappa shape index (κ1) is 14.2. The highest BCUT2D eigenvalue weighted by atomic mass is 16.4. The molecule has 0 aromatic carbocycles. The summed E-state index contributed by atoms with van der Waals surface area (Å²) in [6, 6.07) is 4.45. The highest BCUT2D eigenvalue weighted by molar-refractivity contribution is 5.94. The predicted octanol–water partition coefficient (Wildman–Crippen LogP) is 1.90. The van der Waals surface area contributed by atoms with Gasteiger partial charge in [0, 0.05) is 13.1 Å². The molecule has 0 fully saturated rings. The van der Waals surface area contributed by atoms with Gasteiger partial charge in [0.25, 0.3) is 5.91 Å². The maximum absolute atomic E-state index is 12.2. The van der Waals surface area contributed by atoms with Crippen molar-refractivity contribution < 1.29 is 14.7 Å². The molecule has 0 aliphatic heterocycles. The topological polar surface area (TPSA) is 70.5 Å². The summed E-state index contributed by atoms with van der Waals surface area (Å²) in [5.41, 5.74) is 0.0684. The fourth-order valence-electron chi connectivity index (χ4n) is 1.63. The van der Waals surface area contributed by atoms with Gasteiger partial charge in [-0.25, -0.2) is 9.78 Å². The summed E-state index contributed by atoms with van der Waals surface area (Å²) >= 11 is 0. The molecule has 0 saturated heterocycles. The molecule has 0 aliphatic carbocycles. The Morgan fingerprint density at radius 3 is 2.44 bits per heavy atom. The van der Waals surface area contributed by atoms with Crippen molar-refractivity contribution in [2.45, 2.75) is 20.8 Å². The van der Waals surface area contributed by atoms with Crippen molar-refractivity contribution in [1.82, 2.24) is 9.88 Å². The molecule has 1 rings (SSSR count). The zero-order valence-electron chi connectivity index (χ0n) is 10.9. The molecule has 0 bridgehead atoms. The molecule has 98 valence electrons. The summed E-state index contributed by atoms with van der Waals surface area (Å²) in [5.74, 6) is -0.998. The highest BCUT2D eigenvalue weighted by Gasteiger charge is 2.17. The van der Waals surface area contributed by atoms with Gasteiger partial charge in [0.15, 0.2) is 0 Å². The molecule has 1 amide bonds. The highest BCUT2D eigenvalue weighted by Crippen LogP contribution is 2.07. The molecule has 1 aromatic heterocycles. The van der Waals surface area contributed by atoms with E-state index in [2.05, 4.69) is 4.98 Å². The lowest BCUT2D eigenvalue weighted by atomic mass is 10.2. The van der Waals surface area contributed by atoms with E-state index >= 15 is 0 Å². The smallest absolute Gasteiger partial charge is 0.354 e. The molecule has 1 heterocycles. The number of carboxylic acid groups (broad SMARTS) is 1. The Hall–Kier alpha value is -1.91. The second-order valence-corrected chi connectivity index (χ2v) is 4.45. The van der Waals surface area contributed by atoms with Crippen molar-refractivity contribution in [2.75, 3.05) is 13.1 Å². The van der Waals surface area contributed by atoms with Crippen molar-refractivity contribution in [2.24, 2.45) is 5.92 Å². The second kappa shape index (κ2) is 6.14. The standard InChI is InChI=1S/C13H18N2O3/c1-4-15(8-9(2)3)12(16)10-6-5-7-11(14-10)13(17)18/h5-7,9H,4,8H2,1-3H3,(H,17,18). The maximum atomic E-state index is 12.2.